The Balaban J connectivity index is 1.74. The number of benzene rings is 1. The molecule has 2 aromatic rings. The number of nitrogens with one attached hydrogen (secondary N) is 1. The predicted octanol–water partition coefficient (Wildman–Crippen LogP) is 1.28. The third-order valence-corrected chi connectivity index (χ3v) is 4.03. The number of para-hydroxylation sites is 1. The lowest BCUT2D eigenvalue weighted by atomic mass is 10.2. The maximum Gasteiger partial charge on any atom is 0.317 e. The maximum absolute atomic E-state index is 12.6. The number of rotatable bonds is 2. The van der Waals surface area contributed by atoms with Crippen LogP contribution in [0.5, 0.6) is 0 Å². The van der Waals surface area contributed by atoms with Gasteiger partial charge in [0, 0.05) is 38.8 Å². The number of amides is 3. The molecule has 1 saturated heterocycles. The Hall–Kier alpha value is -2.83. The monoisotopic (exact) mass is 329 g/mol. The van der Waals surface area contributed by atoms with E-state index in [4.69, 9.17) is 4.42 Å². The number of urea groups is 1. The molecule has 3 amide bonds. The molecule has 0 bridgehead atoms. The lowest BCUT2D eigenvalue weighted by Gasteiger charge is -2.34. The number of fused-ring (bicyclic) bond motifs is 1. The second-order valence-corrected chi connectivity index (χ2v) is 5.59. The smallest absolute Gasteiger partial charge is 0.317 e. The fourth-order valence-corrected chi connectivity index (χ4v) is 2.74. The summed E-state index contributed by atoms with van der Waals surface area (Å²) < 4.78 is 5.59. The second-order valence-electron chi connectivity index (χ2n) is 5.59. The number of carbonyl (C=O) groups is 2. The van der Waals surface area contributed by atoms with Crippen LogP contribution >= 0.6 is 0 Å². The predicted molar refractivity (Wildman–Crippen MR) is 89.0 cm³/mol. The van der Waals surface area contributed by atoms with Crippen LogP contribution in [0.4, 0.5) is 4.79 Å². The van der Waals surface area contributed by atoms with Crippen molar-refractivity contribution in [2.75, 3.05) is 32.7 Å². The van der Waals surface area contributed by atoms with E-state index in [1.54, 1.807) is 34.1 Å². The SMILES string of the molecule is CCNC(=O)N1CCN(C(=O)c2cc(=O)c3ccccc3o2)CC1. The normalized spacial score (nSPS) is 14.7. The molecule has 0 saturated carbocycles. The van der Waals surface area contributed by atoms with E-state index < -0.39 is 0 Å². The van der Waals surface area contributed by atoms with Crippen LogP contribution in [-0.2, 0) is 0 Å². The fourth-order valence-electron chi connectivity index (χ4n) is 2.74. The maximum atomic E-state index is 12.6. The standard InChI is InChI=1S/C17H19N3O4/c1-2-18-17(23)20-9-7-19(8-10-20)16(22)15-11-13(21)12-5-3-4-6-14(12)24-15/h3-6,11H,2,7-10H2,1H3,(H,18,23). The van der Waals surface area contributed by atoms with Crippen LogP contribution in [0.3, 0.4) is 0 Å². The van der Waals surface area contributed by atoms with E-state index in [-0.39, 0.29) is 23.1 Å². The topological polar surface area (TPSA) is 82.9 Å². The van der Waals surface area contributed by atoms with E-state index in [1.807, 2.05) is 6.92 Å². The van der Waals surface area contributed by atoms with Crippen molar-refractivity contribution < 1.29 is 14.0 Å². The van der Waals surface area contributed by atoms with Gasteiger partial charge in [0.15, 0.2) is 11.2 Å². The van der Waals surface area contributed by atoms with Gasteiger partial charge in [-0.25, -0.2) is 4.79 Å². The summed E-state index contributed by atoms with van der Waals surface area (Å²) >= 11 is 0. The average molecular weight is 329 g/mol. The largest absolute Gasteiger partial charge is 0.451 e. The third kappa shape index (κ3) is 3.10. The average Bonchev–Trinajstić information content (AvgIpc) is 2.61. The van der Waals surface area contributed by atoms with Crippen molar-refractivity contribution >= 4 is 22.9 Å². The van der Waals surface area contributed by atoms with E-state index in [0.29, 0.717) is 43.7 Å². The van der Waals surface area contributed by atoms with Gasteiger partial charge in [0.05, 0.1) is 5.39 Å². The minimum absolute atomic E-state index is 0.0326. The lowest BCUT2D eigenvalue weighted by molar-refractivity contribution is 0.0635. The highest BCUT2D eigenvalue weighted by Crippen LogP contribution is 2.14. The number of piperazine rings is 1. The van der Waals surface area contributed by atoms with Crippen molar-refractivity contribution in [3.8, 4) is 0 Å². The molecule has 1 N–H and O–H groups in total. The highest BCUT2D eigenvalue weighted by atomic mass is 16.3. The molecule has 7 nitrogen and oxygen atoms in total. The first-order valence-corrected chi connectivity index (χ1v) is 7.95. The van der Waals surface area contributed by atoms with Gasteiger partial charge >= 0.3 is 6.03 Å². The second kappa shape index (κ2) is 6.74. The summed E-state index contributed by atoms with van der Waals surface area (Å²) in [5.41, 5.74) is 0.162. The molecule has 0 spiro atoms. The number of hydrogen-bond donors (Lipinski definition) is 1. The van der Waals surface area contributed by atoms with Gasteiger partial charge < -0.3 is 19.5 Å². The molecule has 2 heterocycles. The van der Waals surface area contributed by atoms with Gasteiger partial charge in [-0.05, 0) is 19.1 Å². The van der Waals surface area contributed by atoms with Crippen LogP contribution in [0.15, 0.2) is 39.5 Å². The fraction of sp³-hybridized carbons (Fsp3) is 0.353. The molecular weight excluding hydrogens is 310 g/mol. The summed E-state index contributed by atoms with van der Waals surface area (Å²) in [6, 6.07) is 7.95. The summed E-state index contributed by atoms with van der Waals surface area (Å²) in [6.45, 7) is 4.16. The van der Waals surface area contributed by atoms with Crippen molar-refractivity contribution in [3.05, 3.63) is 46.3 Å². The van der Waals surface area contributed by atoms with Crippen molar-refractivity contribution in [3.63, 3.8) is 0 Å². The first kappa shape index (κ1) is 16.0. The van der Waals surface area contributed by atoms with E-state index in [1.165, 1.54) is 6.07 Å². The third-order valence-electron chi connectivity index (χ3n) is 4.03. The molecule has 1 aliphatic rings. The van der Waals surface area contributed by atoms with Gasteiger partial charge in [0.1, 0.15) is 5.58 Å². The van der Waals surface area contributed by atoms with Gasteiger partial charge in [-0.3, -0.25) is 9.59 Å². The minimum atomic E-state index is -0.326. The van der Waals surface area contributed by atoms with Gasteiger partial charge in [-0.15, -0.1) is 0 Å². The van der Waals surface area contributed by atoms with Crippen LogP contribution in [0.25, 0.3) is 11.0 Å². The van der Waals surface area contributed by atoms with Crippen molar-refractivity contribution in [1.82, 2.24) is 15.1 Å². The first-order chi connectivity index (χ1) is 11.6. The Morgan fingerprint density at radius 1 is 1.12 bits per heavy atom. The van der Waals surface area contributed by atoms with Crippen molar-refractivity contribution in [2.45, 2.75) is 6.92 Å². The molecule has 0 atom stereocenters. The number of hydrogen-bond acceptors (Lipinski definition) is 4. The Labute approximate surface area is 138 Å². The summed E-state index contributed by atoms with van der Waals surface area (Å²) in [6.07, 6.45) is 0. The van der Waals surface area contributed by atoms with Crippen molar-refractivity contribution in [1.29, 1.82) is 0 Å². The zero-order valence-electron chi connectivity index (χ0n) is 13.4. The molecule has 1 aromatic heterocycles. The number of carbonyl (C=O) groups excluding carboxylic acids is 2. The first-order valence-electron chi connectivity index (χ1n) is 7.95. The van der Waals surface area contributed by atoms with Gasteiger partial charge in [0.2, 0.25) is 0 Å². The molecular formula is C17H19N3O4. The molecule has 1 aliphatic heterocycles. The summed E-state index contributed by atoms with van der Waals surface area (Å²) in [5, 5.41) is 3.20. The van der Waals surface area contributed by atoms with Gasteiger partial charge in [-0.1, -0.05) is 12.1 Å². The summed E-state index contributed by atoms with van der Waals surface area (Å²) in [5.74, 6) is -0.293. The van der Waals surface area contributed by atoms with Crippen molar-refractivity contribution in [2.24, 2.45) is 0 Å². The molecule has 0 aliphatic carbocycles. The summed E-state index contributed by atoms with van der Waals surface area (Å²) in [4.78, 5) is 39.7. The molecule has 1 fully saturated rings. The van der Waals surface area contributed by atoms with E-state index in [9.17, 15) is 14.4 Å². The van der Waals surface area contributed by atoms with Crippen LogP contribution in [0.1, 0.15) is 17.5 Å². The molecule has 3 rings (SSSR count). The van der Waals surface area contributed by atoms with E-state index >= 15 is 0 Å². The number of nitrogens with zero attached hydrogens (tertiary/aromatic N) is 2. The molecule has 0 radical (unpaired) electrons. The van der Waals surface area contributed by atoms with Crippen LogP contribution in [0.2, 0.25) is 0 Å². The van der Waals surface area contributed by atoms with E-state index in [0.717, 1.165) is 0 Å². The quantitative estimate of drug-likeness (QED) is 0.900. The minimum Gasteiger partial charge on any atom is -0.451 e. The Kier molecular flexibility index (Phi) is 4.50. The zero-order chi connectivity index (χ0) is 17.1. The highest BCUT2D eigenvalue weighted by molar-refractivity contribution is 5.93. The molecule has 1 aromatic carbocycles. The molecule has 24 heavy (non-hydrogen) atoms. The van der Waals surface area contributed by atoms with Crippen LogP contribution in [-0.4, -0.2) is 54.5 Å². The van der Waals surface area contributed by atoms with Gasteiger partial charge in [-0.2, -0.15) is 0 Å². The molecule has 0 unspecified atom stereocenters. The highest BCUT2D eigenvalue weighted by Gasteiger charge is 2.26. The lowest BCUT2D eigenvalue weighted by Crippen LogP contribution is -2.53. The van der Waals surface area contributed by atoms with Crippen LogP contribution in [0, 0.1) is 0 Å². The zero-order valence-corrected chi connectivity index (χ0v) is 13.4. The van der Waals surface area contributed by atoms with Gasteiger partial charge in [0.25, 0.3) is 5.91 Å². The molecule has 126 valence electrons. The Morgan fingerprint density at radius 2 is 1.79 bits per heavy atom. The van der Waals surface area contributed by atoms with E-state index in [2.05, 4.69) is 5.32 Å². The Morgan fingerprint density at radius 3 is 2.50 bits per heavy atom. The Bertz CT molecular complexity index is 822. The molecule has 7 heteroatoms. The van der Waals surface area contributed by atoms with Crippen LogP contribution < -0.4 is 10.7 Å². The summed E-state index contributed by atoms with van der Waals surface area (Å²) in [7, 11) is 0.